The monoisotopic (exact) mass is 186 g/mol. The fourth-order valence-electron chi connectivity index (χ4n) is 0.385. The van der Waals surface area contributed by atoms with Crippen molar-refractivity contribution in [2.45, 2.75) is 0 Å². The molecule has 1 aromatic rings. The maximum Gasteiger partial charge on any atom is 0.0491 e. The number of thiophene rings is 1. The van der Waals surface area contributed by atoms with Crippen LogP contribution in [0.25, 0.3) is 0 Å². The first kappa shape index (κ1) is 5.87. The minimum atomic E-state index is 0.940. The largest absolute Gasteiger partial charge is 0.150 e. The molecule has 0 aliphatic rings. The van der Waals surface area contributed by atoms with E-state index in [1.54, 1.807) is 11.3 Å². The van der Waals surface area contributed by atoms with Gasteiger partial charge in [0.1, 0.15) is 0 Å². The predicted octanol–water partition coefficient (Wildman–Crippen LogP) is 2.49. The molecule has 0 radical (unpaired) electrons. The lowest BCUT2D eigenvalue weighted by molar-refractivity contribution is 1.78. The van der Waals surface area contributed by atoms with Crippen molar-refractivity contribution in [2.24, 2.45) is 0 Å². The number of hydrogen-bond donors (Lipinski definition) is 0. The molecular formula is C6H3BrS. The molecule has 2 heteroatoms. The first-order valence-corrected chi connectivity index (χ1v) is 3.76. The maximum atomic E-state index is 5.12. The molecule has 0 saturated heterocycles. The van der Waals surface area contributed by atoms with Gasteiger partial charge < -0.3 is 0 Å². The molecule has 0 atom stereocenters. The zero-order valence-electron chi connectivity index (χ0n) is 4.02. The number of halogens is 1. The van der Waals surface area contributed by atoms with Crippen molar-refractivity contribution in [3.05, 3.63) is 20.8 Å². The summed E-state index contributed by atoms with van der Waals surface area (Å²) in [6.07, 6.45) is 5.12. The number of hydrogen-bond acceptors (Lipinski definition) is 1. The van der Waals surface area contributed by atoms with Gasteiger partial charge in [0.05, 0.1) is 0 Å². The van der Waals surface area contributed by atoms with Crippen molar-refractivity contribution < 1.29 is 0 Å². The highest BCUT2D eigenvalue weighted by Crippen LogP contribution is 2.19. The first-order valence-electron chi connectivity index (χ1n) is 2.03. The van der Waals surface area contributed by atoms with Crippen molar-refractivity contribution >= 4 is 27.3 Å². The minimum Gasteiger partial charge on any atom is -0.150 e. The van der Waals surface area contributed by atoms with Crippen LogP contribution in [0.2, 0.25) is 0 Å². The summed E-state index contributed by atoms with van der Waals surface area (Å²) in [6.45, 7) is 0. The van der Waals surface area contributed by atoms with Gasteiger partial charge in [-0.1, -0.05) is 5.92 Å². The van der Waals surface area contributed by atoms with E-state index in [0.717, 1.165) is 10.0 Å². The Bertz CT molecular complexity index is 219. The van der Waals surface area contributed by atoms with Crippen LogP contribution in [0.1, 0.15) is 5.56 Å². The van der Waals surface area contributed by atoms with E-state index in [-0.39, 0.29) is 0 Å². The van der Waals surface area contributed by atoms with E-state index in [1.165, 1.54) is 0 Å². The molecule has 0 aliphatic heterocycles. The van der Waals surface area contributed by atoms with E-state index >= 15 is 0 Å². The second-order valence-electron chi connectivity index (χ2n) is 1.28. The van der Waals surface area contributed by atoms with Gasteiger partial charge in [0, 0.05) is 20.8 Å². The van der Waals surface area contributed by atoms with Crippen molar-refractivity contribution in [1.82, 2.24) is 0 Å². The molecule has 0 bridgehead atoms. The van der Waals surface area contributed by atoms with E-state index in [4.69, 9.17) is 6.42 Å². The third-order valence-electron chi connectivity index (χ3n) is 0.770. The molecule has 0 unspecified atom stereocenters. The third-order valence-corrected chi connectivity index (χ3v) is 2.47. The van der Waals surface area contributed by atoms with Gasteiger partial charge in [-0.15, -0.1) is 17.8 Å². The Morgan fingerprint density at radius 1 is 1.62 bits per heavy atom. The summed E-state index contributed by atoms with van der Waals surface area (Å²) >= 11 is 4.90. The zero-order valence-corrected chi connectivity index (χ0v) is 6.42. The topological polar surface area (TPSA) is 0 Å². The summed E-state index contributed by atoms with van der Waals surface area (Å²) in [5, 5.41) is 3.90. The second kappa shape index (κ2) is 2.34. The summed E-state index contributed by atoms with van der Waals surface area (Å²) in [4.78, 5) is 0. The molecule has 0 aliphatic carbocycles. The molecule has 40 valence electrons. The fourth-order valence-corrected chi connectivity index (χ4v) is 1.73. The van der Waals surface area contributed by atoms with Crippen LogP contribution in [0.4, 0.5) is 0 Å². The van der Waals surface area contributed by atoms with E-state index in [1.807, 2.05) is 10.8 Å². The average molecular weight is 187 g/mol. The van der Waals surface area contributed by atoms with Crippen LogP contribution in [0.3, 0.4) is 0 Å². The van der Waals surface area contributed by atoms with Crippen LogP contribution in [-0.4, -0.2) is 0 Å². The SMILES string of the molecule is C#Cc1cscc1Br. The predicted molar refractivity (Wildman–Crippen MR) is 40.0 cm³/mol. The fraction of sp³-hybridized carbons (Fsp3) is 0. The van der Waals surface area contributed by atoms with E-state index in [2.05, 4.69) is 21.9 Å². The lowest BCUT2D eigenvalue weighted by Crippen LogP contribution is -1.61. The molecule has 8 heavy (non-hydrogen) atoms. The molecule has 0 amide bonds. The van der Waals surface area contributed by atoms with Crippen LogP contribution in [0.15, 0.2) is 15.2 Å². The van der Waals surface area contributed by atoms with Gasteiger partial charge in [-0.05, 0) is 15.9 Å². The Hall–Kier alpha value is -0.260. The molecule has 1 aromatic heterocycles. The Kier molecular flexibility index (Phi) is 1.72. The van der Waals surface area contributed by atoms with Gasteiger partial charge in [-0.2, -0.15) is 0 Å². The molecule has 0 spiro atoms. The number of terminal acetylenes is 1. The zero-order chi connectivity index (χ0) is 5.98. The van der Waals surface area contributed by atoms with Gasteiger partial charge in [0.2, 0.25) is 0 Å². The molecule has 0 N–H and O–H groups in total. The van der Waals surface area contributed by atoms with Crippen molar-refractivity contribution in [1.29, 1.82) is 0 Å². The maximum absolute atomic E-state index is 5.12. The summed E-state index contributed by atoms with van der Waals surface area (Å²) in [7, 11) is 0. The van der Waals surface area contributed by atoms with Crippen LogP contribution in [0.5, 0.6) is 0 Å². The van der Waals surface area contributed by atoms with Crippen LogP contribution >= 0.6 is 27.3 Å². The smallest absolute Gasteiger partial charge is 0.0491 e. The second-order valence-corrected chi connectivity index (χ2v) is 2.88. The average Bonchev–Trinajstić information content (AvgIpc) is 2.14. The summed E-state index contributed by atoms with van der Waals surface area (Å²) in [6, 6.07) is 0. The van der Waals surface area contributed by atoms with Crippen LogP contribution in [0, 0.1) is 12.3 Å². The standard InChI is InChI=1S/C6H3BrS/c1-2-5-3-8-4-6(5)7/h1,3-4H. The lowest BCUT2D eigenvalue weighted by Gasteiger charge is -1.77. The quantitative estimate of drug-likeness (QED) is 0.547. The first-order chi connectivity index (χ1) is 3.84. The Morgan fingerprint density at radius 3 is 2.62 bits per heavy atom. The highest BCUT2D eigenvalue weighted by atomic mass is 79.9. The highest BCUT2D eigenvalue weighted by Gasteiger charge is 1.92. The summed E-state index contributed by atoms with van der Waals surface area (Å²) < 4.78 is 1.02. The Labute approximate surface area is 60.7 Å². The molecule has 0 aromatic carbocycles. The van der Waals surface area contributed by atoms with Crippen LogP contribution < -0.4 is 0 Å². The van der Waals surface area contributed by atoms with Gasteiger partial charge in [0.15, 0.2) is 0 Å². The van der Waals surface area contributed by atoms with Gasteiger partial charge >= 0.3 is 0 Å². The Balaban J connectivity index is 3.15. The van der Waals surface area contributed by atoms with E-state index < -0.39 is 0 Å². The molecule has 1 heterocycles. The Morgan fingerprint density at radius 2 is 2.38 bits per heavy atom. The lowest BCUT2D eigenvalue weighted by atomic mass is 10.4. The highest BCUT2D eigenvalue weighted by molar-refractivity contribution is 9.10. The van der Waals surface area contributed by atoms with Crippen molar-refractivity contribution in [3.63, 3.8) is 0 Å². The molecule has 0 nitrogen and oxygen atoms in total. The van der Waals surface area contributed by atoms with Crippen molar-refractivity contribution in [3.8, 4) is 12.3 Å². The van der Waals surface area contributed by atoms with Crippen LogP contribution in [-0.2, 0) is 0 Å². The minimum absolute atomic E-state index is 0.940. The van der Waals surface area contributed by atoms with E-state index in [9.17, 15) is 0 Å². The molecule has 0 saturated carbocycles. The summed E-state index contributed by atoms with van der Waals surface area (Å²) in [5.74, 6) is 2.54. The molecule has 1 rings (SSSR count). The number of rotatable bonds is 0. The van der Waals surface area contributed by atoms with Gasteiger partial charge in [-0.3, -0.25) is 0 Å². The van der Waals surface area contributed by atoms with Crippen molar-refractivity contribution in [2.75, 3.05) is 0 Å². The van der Waals surface area contributed by atoms with Gasteiger partial charge in [0.25, 0.3) is 0 Å². The third kappa shape index (κ3) is 0.936. The molecule has 0 fully saturated rings. The normalized spacial score (nSPS) is 8.50. The van der Waals surface area contributed by atoms with Gasteiger partial charge in [-0.25, -0.2) is 0 Å². The molecular weight excluding hydrogens is 184 g/mol. The summed E-state index contributed by atoms with van der Waals surface area (Å²) in [5.41, 5.74) is 0.940. The van der Waals surface area contributed by atoms with E-state index in [0.29, 0.717) is 0 Å².